The molecule has 0 bridgehead atoms. The average molecular weight is 397 g/mol. The van der Waals surface area contributed by atoms with Crippen molar-refractivity contribution in [3.05, 3.63) is 47.3 Å². The molecule has 3 atom stereocenters. The van der Waals surface area contributed by atoms with Crippen LogP contribution in [0.2, 0.25) is 0 Å². The lowest BCUT2D eigenvalue weighted by molar-refractivity contribution is -0.137. The minimum Gasteiger partial charge on any atom is -0.385 e. The number of benzene rings is 1. The molecular formula is C18H22F3N5O2. The molecule has 0 radical (unpaired) electrons. The largest absolute Gasteiger partial charge is 0.416 e. The lowest BCUT2D eigenvalue weighted by Gasteiger charge is -2.40. The number of hydrogen-bond acceptors (Lipinski definition) is 5. The monoisotopic (exact) mass is 397 g/mol. The molecule has 1 aromatic carbocycles. The predicted octanol–water partition coefficient (Wildman–Crippen LogP) is 1.87. The molecule has 1 fully saturated rings. The van der Waals surface area contributed by atoms with Gasteiger partial charge in [0, 0.05) is 18.9 Å². The number of primary amides is 1. The van der Waals surface area contributed by atoms with Crippen molar-refractivity contribution in [2.45, 2.75) is 56.6 Å². The molecule has 0 saturated carbocycles. The third-order valence-corrected chi connectivity index (χ3v) is 4.92. The summed E-state index contributed by atoms with van der Waals surface area (Å²) in [6, 6.07) is 4.17. The fourth-order valence-corrected chi connectivity index (χ4v) is 3.59. The minimum atomic E-state index is -4.42. The number of aliphatic hydroxyl groups is 1. The average Bonchev–Trinajstić information content (AvgIpc) is 3.08. The van der Waals surface area contributed by atoms with Crippen molar-refractivity contribution < 1.29 is 23.1 Å². The topological polar surface area (TPSA) is 106 Å². The number of aromatic nitrogens is 3. The summed E-state index contributed by atoms with van der Waals surface area (Å²) in [6.45, 7) is 2.19. The number of nitrogens with one attached hydrogen (secondary N) is 1. The Morgan fingerprint density at radius 3 is 2.64 bits per heavy atom. The quantitative estimate of drug-likeness (QED) is 0.714. The molecule has 7 nitrogen and oxygen atoms in total. The number of rotatable bonds is 5. The molecule has 1 amide bonds. The first-order valence-electron chi connectivity index (χ1n) is 8.91. The van der Waals surface area contributed by atoms with E-state index in [0.717, 1.165) is 12.1 Å². The third kappa shape index (κ3) is 4.50. The minimum absolute atomic E-state index is 0.0955. The number of nitrogens with zero attached hydrogens (tertiary/aromatic N) is 3. The lowest BCUT2D eigenvalue weighted by Crippen LogP contribution is -2.47. The van der Waals surface area contributed by atoms with Gasteiger partial charge in [-0.15, -0.1) is 5.10 Å². The zero-order chi connectivity index (χ0) is 20.5. The molecule has 152 valence electrons. The number of halogens is 3. The highest BCUT2D eigenvalue weighted by molar-refractivity contribution is 5.73. The maximum Gasteiger partial charge on any atom is 0.416 e. The van der Waals surface area contributed by atoms with Crippen LogP contribution in [0.25, 0.3) is 0 Å². The highest BCUT2D eigenvalue weighted by Crippen LogP contribution is 2.40. The molecule has 1 aromatic heterocycles. The Morgan fingerprint density at radius 2 is 2.04 bits per heavy atom. The molecule has 0 spiro atoms. The van der Waals surface area contributed by atoms with Crippen molar-refractivity contribution in [3.63, 3.8) is 0 Å². The van der Waals surface area contributed by atoms with Gasteiger partial charge in [-0.1, -0.05) is 17.3 Å². The number of hydrogen-bond donors (Lipinski definition) is 3. The summed E-state index contributed by atoms with van der Waals surface area (Å²) in [5.74, 6) is -0.446. The Labute approximate surface area is 159 Å². The van der Waals surface area contributed by atoms with Crippen molar-refractivity contribution in [1.29, 1.82) is 0 Å². The fraction of sp³-hybridized carbons (Fsp3) is 0.500. The zero-order valence-electron chi connectivity index (χ0n) is 15.3. The van der Waals surface area contributed by atoms with Gasteiger partial charge in [0.25, 0.3) is 0 Å². The Balaban J connectivity index is 1.79. The van der Waals surface area contributed by atoms with Gasteiger partial charge in [-0.2, -0.15) is 13.2 Å². The first-order valence-corrected chi connectivity index (χ1v) is 8.91. The fourth-order valence-electron chi connectivity index (χ4n) is 3.59. The molecule has 1 aliphatic rings. The number of carbonyl (C=O) groups excluding carboxylic acids is 1. The van der Waals surface area contributed by atoms with Gasteiger partial charge in [-0.05, 0) is 31.0 Å². The van der Waals surface area contributed by atoms with Crippen molar-refractivity contribution in [2.75, 3.05) is 0 Å². The van der Waals surface area contributed by atoms with Crippen LogP contribution >= 0.6 is 0 Å². The molecule has 4 N–H and O–H groups in total. The second kappa shape index (κ2) is 7.51. The van der Waals surface area contributed by atoms with Crippen LogP contribution in [0.4, 0.5) is 13.2 Å². The van der Waals surface area contributed by atoms with Gasteiger partial charge in [0.2, 0.25) is 5.91 Å². The van der Waals surface area contributed by atoms with E-state index in [0.29, 0.717) is 24.2 Å². The normalized spacial score (nSPS) is 25.6. The van der Waals surface area contributed by atoms with Gasteiger partial charge in [0.05, 0.1) is 35.6 Å². The molecule has 2 aromatic rings. The van der Waals surface area contributed by atoms with E-state index in [9.17, 15) is 23.1 Å². The van der Waals surface area contributed by atoms with E-state index in [1.165, 1.54) is 16.8 Å². The number of amides is 1. The van der Waals surface area contributed by atoms with Crippen molar-refractivity contribution >= 4 is 5.91 Å². The number of carbonyl (C=O) groups is 1. The van der Waals surface area contributed by atoms with E-state index in [2.05, 4.69) is 15.6 Å². The van der Waals surface area contributed by atoms with Crippen LogP contribution < -0.4 is 11.1 Å². The Bertz CT molecular complexity index is 836. The van der Waals surface area contributed by atoms with E-state index in [-0.39, 0.29) is 24.9 Å². The summed E-state index contributed by atoms with van der Waals surface area (Å²) in [5, 5.41) is 22.6. The lowest BCUT2D eigenvalue weighted by atomic mass is 9.78. The van der Waals surface area contributed by atoms with Crippen LogP contribution in [-0.2, 0) is 23.1 Å². The molecule has 1 unspecified atom stereocenters. The molecule has 0 aliphatic carbocycles. The Morgan fingerprint density at radius 1 is 1.36 bits per heavy atom. The van der Waals surface area contributed by atoms with Crippen molar-refractivity contribution in [1.82, 2.24) is 20.3 Å². The maximum atomic E-state index is 12.8. The SMILES string of the molecule is C[C@H]1CC(O)(c2ccc(C(F)(F)F)cc2)C[C@@H](c2cn(CCC(N)=O)nn2)N1. The molecule has 1 saturated heterocycles. The molecule has 3 rings (SSSR count). The van der Waals surface area contributed by atoms with Crippen molar-refractivity contribution in [3.8, 4) is 0 Å². The number of aryl methyl sites for hydroxylation is 1. The molecular weight excluding hydrogens is 375 g/mol. The Kier molecular flexibility index (Phi) is 5.44. The summed E-state index contributed by atoms with van der Waals surface area (Å²) in [5.41, 5.74) is 4.10. The van der Waals surface area contributed by atoms with Crippen LogP contribution in [0.3, 0.4) is 0 Å². The molecule has 2 heterocycles. The number of nitrogens with two attached hydrogens (primary N) is 1. The highest BCUT2D eigenvalue weighted by Gasteiger charge is 2.41. The first kappa shape index (κ1) is 20.3. The van der Waals surface area contributed by atoms with Crippen LogP contribution in [0, 0.1) is 0 Å². The van der Waals surface area contributed by atoms with Crippen LogP contribution in [0.1, 0.15) is 49.0 Å². The van der Waals surface area contributed by atoms with Gasteiger partial charge < -0.3 is 16.2 Å². The first-order chi connectivity index (χ1) is 13.1. The summed E-state index contributed by atoms with van der Waals surface area (Å²) in [6.07, 6.45) is -2.03. The van der Waals surface area contributed by atoms with E-state index in [1.807, 2.05) is 6.92 Å². The van der Waals surface area contributed by atoms with Gasteiger partial charge in [-0.25, -0.2) is 0 Å². The van der Waals surface area contributed by atoms with Crippen LogP contribution in [-0.4, -0.2) is 32.0 Å². The smallest absolute Gasteiger partial charge is 0.385 e. The number of alkyl halides is 3. The van der Waals surface area contributed by atoms with Gasteiger partial charge in [0.1, 0.15) is 0 Å². The second-order valence-corrected chi connectivity index (χ2v) is 7.26. The number of piperidine rings is 1. The maximum absolute atomic E-state index is 12.8. The second-order valence-electron chi connectivity index (χ2n) is 7.26. The van der Waals surface area contributed by atoms with E-state index >= 15 is 0 Å². The Hall–Kier alpha value is -2.46. The molecule has 1 aliphatic heterocycles. The standard InChI is InChI=1S/C18H22F3N5O2/c1-11-8-17(28,12-2-4-13(5-3-12)18(19,20)21)9-14(23-11)15-10-26(25-24-15)7-6-16(22)27/h2-5,10-11,14,23,28H,6-9H2,1H3,(H2,22,27)/t11-,14-,17?/m0/s1. The van der Waals surface area contributed by atoms with Crippen molar-refractivity contribution in [2.24, 2.45) is 5.73 Å². The highest BCUT2D eigenvalue weighted by atomic mass is 19.4. The van der Waals surface area contributed by atoms with Gasteiger partial charge in [0.15, 0.2) is 0 Å². The van der Waals surface area contributed by atoms with Crippen LogP contribution in [0.15, 0.2) is 30.5 Å². The van der Waals surface area contributed by atoms with E-state index in [1.54, 1.807) is 6.20 Å². The summed E-state index contributed by atoms with van der Waals surface area (Å²) >= 11 is 0. The summed E-state index contributed by atoms with van der Waals surface area (Å²) in [7, 11) is 0. The molecule has 10 heteroatoms. The van der Waals surface area contributed by atoms with Gasteiger partial charge >= 0.3 is 6.18 Å². The predicted molar refractivity (Wildman–Crippen MR) is 93.7 cm³/mol. The third-order valence-electron chi connectivity index (χ3n) is 4.92. The summed E-state index contributed by atoms with van der Waals surface area (Å²) in [4.78, 5) is 10.9. The molecule has 28 heavy (non-hydrogen) atoms. The van der Waals surface area contributed by atoms with Gasteiger partial charge in [-0.3, -0.25) is 9.48 Å². The van der Waals surface area contributed by atoms with Crippen LogP contribution in [0.5, 0.6) is 0 Å². The van der Waals surface area contributed by atoms with E-state index < -0.39 is 23.2 Å². The van der Waals surface area contributed by atoms with E-state index in [4.69, 9.17) is 5.73 Å². The zero-order valence-corrected chi connectivity index (χ0v) is 15.3. The summed E-state index contributed by atoms with van der Waals surface area (Å²) < 4.78 is 39.9.